The number of hydrogen-bond acceptors (Lipinski definition) is 11. The van der Waals surface area contributed by atoms with Crippen LogP contribution in [-0.4, -0.2) is 90.2 Å². The summed E-state index contributed by atoms with van der Waals surface area (Å²) in [6, 6.07) is 7.80. The Morgan fingerprint density at radius 2 is 1.62 bits per heavy atom. The molecule has 2 fully saturated rings. The van der Waals surface area contributed by atoms with Crippen LogP contribution in [0.25, 0.3) is 22.3 Å². The van der Waals surface area contributed by atoms with E-state index in [0.717, 1.165) is 22.9 Å². The van der Waals surface area contributed by atoms with E-state index in [1.165, 1.54) is 12.1 Å². The number of aryl methyl sites for hydroxylation is 1. The highest BCUT2D eigenvalue weighted by atomic mass is 19.1. The van der Waals surface area contributed by atoms with Gasteiger partial charge in [-0.2, -0.15) is 0 Å². The third-order valence-electron chi connectivity index (χ3n) is 10.2. The Bertz CT molecular complexity index is 2410. The van der Waals surface area contributed by atoms with Crippen LogP contribution in [0.15, 0.2) is 48.8 Å². The average molecular weight is 753 g/mol. The lowest BCUT2D eigenvalue weighted by molar-refractivity contribution is -0.136. The highest BCUT2D eigenvalue weighted by Crippen LogP contribution is 2.32. The monoisotopic (exact) mass is 752 g/mol. The van der Waals surface area contributed by atoms with Gasteiger partial charge < -0.3 is 14.8 Å². The summed E-state index contributed by atoms with van der Waals surface area (Å²) in [7, 11) is 0. The standard InChI is InChI=1S/C38H35F3N10O4/c1-19(2)50-20(3)44-34-27(40)13-21(14-30(34)50)33-28(41)17-43-38(47-33)45-31-6-4-23(16-42-31)49-10-8-48(9-11-49)18-22-12-24-25(15-26(22)39)37(55)51(36(24)54)29-5-7-32(52)46-35(29)53/h4,6,12-17,19,29H,5,7-11,18H2,1-3H3,(H,46,52,53)(H,42,43,45,47). The molecular weight excluding hydrogens is 717 g/mol. The SMILES string of the molecule is Cc1nc2c(F)cc(-c3nc(Nc4ccc(N5CCN(Cc6cc7c(cc6F)C(=O)N(C6CCC(=O)NC6=O)C7=O)CC5)cn4)ncc3F)cc2n1C(C)C. The van der Waals surface area contributed by atoms with Crippen molar-refractivity contribution in [1.82, 2.24) is 39.6 Å². The molecule has 0 saturated carbocycles. The van der Waals surface area contributed by atoms with Crippen molar-refractivity contribution in [2.24, 2.45) is 0 Å². The van der Waals surface area contributed by atoms with E-state index in [0.29, 0.717) is 43.3 Å². The molecule has 3 aliphatic heterocycles. The first kappa shape index (κ1) is 35.8. The topological polar surface area (TPSA) is 159 Å². The summed E-state index contributed by atoms with van der Waals surface area (Å²) in [5.74, 6) is -3.42. The molecule has 2 saturated heterocycles. The van der Waals surface area contributed by atoms with Gasteiger partial charge in [0.2, 0.25) is 17.8 Å². The second-order valence-electron chi connectivity index (χ2n) is 14.1. The lowest BCUT2D eigenvalue weighted by atomic mass is 10.0. The Morgan fingerprint density at radius 3 is 2.31 bits per heavy atom. The van der Waals surface area contributed by atoms with Crippen LogP contribution in [-0.2, 0) is 16.1 Å². The van der Waals surface area contributed by atoms with Gasteiger partial charge in [0.25, 0.3) is 11.8 Å². The summed E-state index contributed by atoms with van der Waals surface area (Å²) in [6.07, 6.45) is 2.71. The van der Waals surface area contributed by atoms with Crippen LogP contribution in [0.4, 0.5) is 30.6 Å². The van der Waals surface area contributed by atoms with E-state index in [1.54, 1.807) is 25.3 Å². The fourth-order valence-electron chi connectivity index (χ4n) is 7.51. The molecule has 3 aliphatic rings. The third-order valence-corrected chi connectivity index (χ3v) is 10.2. The van der Waals surface area contributed by atoms with E-state index >= 15 is 13.2 Å². The van der Waals surface area contributed by atoms with E-state index < -0.39 is 47.1 Å². The van der Waals surface area contributed by atoms with E-state index in [9.17, 15) is 19.2 Å². The number of pyridine rings is 1. The molecular formula is C38H35F3N10O4. The number of hydrogen-bond donors (Lipinski definition) is 2. The van der Waals surface area contributed by atoms with Gasteiger partial charge in [-0.3, -0.25) is 34.3 Å². The van der Waals surface area contributed by atoms with Crippen molar-refractivity contribution in [3.63, 3.8) is 0 Å². The zero-order chi connectivity index (χ0) is 38.7. The minimum atomic E-state index is -1.13. The van der Waals surface area contributed by atoms with Crippen LogP contribution in [0, 0.1) is 24.4 Å². The lowest BCUT2D eigenvalue weighted by Crippen LogP contribution is -2.54. The number of rotatable bonds is 8. The highest BCUT2D eigenvalue weighted by Gasteiger charge is 2.45. The van der Waals surface area contributed by atoms with Gasteiger partial charge >= 0.3 is 0 Å². The van der Waals surface area contributed by atoms with Crippen molar-refractivity contribution in [3.05, 3.63) is 88.8 Å². The Kier molecular flexibility index (Phi) is 9.03. The molecule has 55 heavy (non-hydrogen) atoms. The second kappa shape index (κ2) is 13.9. The molecule has 5 aromatic rings. The summed E-state index contributed by atoms with van der Waals surface area (Å²) in [5.41, 5.74) is 1.95. The molecule has 3 aromatic heterocycles. The number of piperidine rings is 1. The minimum absolute atomic E-state index is 0.00644. The molecule has 0 bridgehead atoms. The first-order valence-electron chi connectivity index (χ1n) is 17.8. The van der Waals surface area contributed by atoms with Crippen molar-refractivity contribution < 1.29 is 32.3 Å². The van der Waals surface area contributed by atoms with Crippen LogP contribution in [0.1, 0.15) is 64.8 Å². The molecule has 282 valence electrons. The van der Waals surface area contributed by atoms with Gasteiger partial charge in [-0.1, -0.05) is 0 Å². The number of anilines is 3. The number of carbonyl (C=O) groups excluding carboxylic acids is 4. The van der Waals surface area contributed by atoms with Gasteiger partial charge in [0.1, 0.15) is 34.7 Å². The van der Waals surface area contributed by atoms with Gasteiger partial charge in [-0.15, -0.1) is 0 Å². The summed E-state index contributed by atoms with van der Waals surface area (Å²) < 4.78 is 47.3. The van der Waals surface area contributed by atoms with Crippen molar-refractivity contribution in [3.8, 4) is 11.3 Å². The second-order valence-corrected chi connectivity index (χ2v) is 14.1. The number of carbonyl (C=O) groups is 4. The quantitative estimate of drug-likeness (QED) is 0.213. The number of nitrogens with zero attached hydrogens (tertiary/aromatic N) is 8. The third kappa shape index (κ3) is 6.53. The number of imidazole rings is 1. The summed E-state index contributed by atoms with van der Waals surface area (Å²) in [4.78, 5) is 72.4. The summed E-state index contributed by atoms with van der Waals surface area (Å²) in [6.45, 7) is 8.26. The van der Waals surface area contributed by atoms with Crippen molar-refractivity contribution in [2.75, 3.05) is 36.4 Å². The van der Waals surface area contributed by atoms with Crippen molar-refractivity contribution in [1.29, 1.82) is 0 Å². The lowest BCUT2D eigenvalue weighted by Gasteiger charge is -2.36. The molecule has 1 unspecified atom stereocenters. The normalized spacial score (nSPS) is 17.8. The van der Waals surface area contributed by atoms with Gasteiger partial charge in [0.15, 0.2) is 11.6 Å². The van der Waals surface area contributed by atoms with Crippen LogP contribution < -0.4 is 15.5 Å². The minimum Gasteiger partial charge on any atom is -0.368 e. The Balaban J connectivity index is 0.906. The Hall–Kier alpha value is -6.23. The van der Waals surface area contributed by atoms with Crippen LogP contribution >= 0.6 is 0 Å². The zero-order valence-electron chi connectivity index (χ0n) is 30.1. The molecule has 6 heterocycles. The van der Waals surface area contributed by atoms with Crippen molar-refractivity contribution in [2.45, 2.75) is 52.2 Å². The average Bonchev–Trinajstić information content (AvgIpc) is 3.62. The highest BCUT2D eigenvalue weighted by molar-refractivity contribution is 6.23. The Labute approximate surface area is 312 Å². The maximum absolute atomic E-state index is 15.3. The predicted molar refractivity (Wildman–Crippen MR) is 194 cm³/mol. The molecule has 14 nitrogen and oxygen atoms in total. The summed E-state index contributed by atoms with van der Waals surface area (Å²) >= 11 is 0. The number of halogens is 3. The molecule has 2 N–H and O–H groups in total. The maximum atomic E-state index is 15.3. The summed E-state index contributed by atoms with van der Waals surface area (Å²) in [5, 5.41) is 5.14. The van der Waals surface area contributed by atoms with Crippen LogP contribution in [0.5, 0.6) is 0 Å². The first-order valence-corrected chi connectivity index (χ1v) is 17.8. The van der Waals surface area contributed by atoms with Gasteiger partial charge in [-0.05, 0) is 63.6 Å². The number of aromatic nitrogens is 5. The molecule has 1 atom stereocenters. The first-order chi connectivity index (χ1) is 26.4. The maximum Gasteiger partial charge on any atom is 0.262 e. The van der Waals surface area contributed by atoms with Gasteiger partial charge in [-0.25, -0.2) is 33.1 Å². The Morgan fingerprint density at radius 1 is 0.873 bits per heavy atom. The fourth-order valence-corrected chi connectivity index (χ4v) is 7.51. The molecule has 0 spiro atoms. The molecule has 2 aromatic carbocycles. The van der Waals surface area contributed by atoms with E-state index in [1.807, 2.05) is 29.4 Å². The van der Waals surface area contributed by atoms with E-state index in [-0.39, 0.29) is 64.8 Å². The number of fused-ring (bicyclic) bond motifs is 2. The van der Waals surface area contributed by atoms with Crippen LogP contribution in [0.2, 0.25) is 0 Å². The largest absolute Gasteiger partial charge is 0.368 e. The van der Waals surface area contributed by atoms with Crippen LogP contribution in [0.3, 0.4) is 0 Å². The fraction of sp³-hybridized carbons (Fsp3) is 0.316. The number of benzene rings is 2. The molecule has 0 radical (unpaired) electrons. The number of amides is 4. The smallest absolute Gasteiger partial charge is 0.262 e. The zero-order valence-corrected chi connectivity index (χ0v) is 30.1. The molecule has 17 heteroatoms. The molecule has 4 amide bonds. The number of piperazine rings is 1. The molecule has 8 rings (SSSR count). The van der Waals surface area contributed by atoms with Gasteiger partial charge in [0.05, 0.1) is 34.7 Å². The van der Waals surface area contributed by atoms with E-state index in [4.69, 9.17) is 0 Å². The predicted octanol–water partition coefficient (Wildman–Crippen LogP) is 4.66. The number of imide groups is 2. The van der Waals surface area contributed by atoms with Crippen molar-refractivity contribution >= 4 is 52.1 Å². The van der Waals surface area contributed by atoms with Gasteiger partial charge in [0, 0.05) is 56.3 Å². The number of nitrogens with one attached hydrogen (secondary N) is 2. The molecule has 0 aliphatic carbocycles. The van der Waals surface area contributed by atoms with E-state index in [2.05, 4.69) is 35.5 Å².